The number of hydrogen-bond donors (Lipinski definition) is 3. The van der Waals surface area contributed by atoms with Gasteiger partial charge in [0, 0.05) is 31.7 Å². The summed E-state index contributed by atoms with van der Waals surface area (Å²) in [6.45, 7) is 3.99. The van der Waals surface area contributed by atoms with Crippen molar-refractivity contribution in [2.24, 2.45) is 11.7 Å². The summed E-state index contributed by atoms with van der Waals surface area (Å²) in [7, 11) is 0. The average Bonchev–Trinajstić information content (AvgIpc) is 3.31. The average molecular weight is 468 g/mol. The molecule has 11 heteroatoms. The van der Waals surface area contributed by atoms with Crippen LogP contribution in [0.3, 0.4) is 0 Å². The smallest absolute Gasteiger partial charge is 0.324 e. The standard InChI is InChI=1S/C22H31F2N5O4/c1-14-11-17(4-5-18(14)21(31)26-13-16(30)12-25)32-10-2-3-15-6-8-29(9-7-15)22-27-20(19(23)24)28-33-22/h4-5,11,15-16,19,30H,2-3,6-10,12-13,25H2,1H3,(H,26,31). The van der Waals surface area contributed by atoms with E-state index in [0.29, 0.717) is 36.9 Å². The van der Waals surface area contributed by atoms with E-state index in [9.17, 15) is 18.7 Å². The van der Waals surface area contributed by atoms with Gasteiger partial charge in [-0.25, -0.2) is 8.78 Å². The van der Waals surface area contributed by atoms with Crippen LogP contribution < -0.4 is 20.7 Å². The molecule has 3 rings (SSSR count). The molecule has 1 atom stereocenters. The molecule has 0 aliphatic carbocycles. The molecule has 1 aromatic carbocycles. The van der Waals surface area contributed by atoms with Gasteiger partial charge in [-0.2, -0.15) is 4.98 Å². The predicted octanol–water partition coefficient (Wildman–Crippen LogP) is 2.44. The Morgan fingerprint density at radius 2 is 2.15 bits per heavy atom. The molecule has 2 aromatic rings. The minimum Gasteiger partial charge on any atom is -0.494 e. The predicted molar refractivity (Wildman–Crippen MR) is 117 cm³/mol. The topological polar surface area (TPSA) is 127 Å². The zero-order valence-corrected chi connectivity index (χ0v) is 18.7. The fraction of sp³-hybridized carbons (Fsp3) is 0.591. The molecule has 1 amide bonds. The number of carbonyl (C=O) groups excluding carboxylic acids is 1. The summed E-state index contributed by atoms with van der Waals surface area (Å²) in [5.41, 5.74) is 6.66. The molecule has 0 saturated carbocycles. The van der Waals surface area contributed by atoms with E-state index in [1.54, 1.807) is 12.1 Å². The third-order valence-electron chi connectivity index (χ3n) is 5.75. The van der Waals surface area contributed by atoms with Gasteiger partial charge in [-0.3, -0.25) is 4.79 Å². The number of alkyl halides is 2. The first-order chi connectivity index (χ1) is 15.9. The van der Waals surface area contributed by atoms with Crippen LogP contribution in [0.4, 0.5) is 14.8 Å². The van der Waals surface area contributed by atoms with Gasteiger partial charge in [0.15, 0.2) is 0 Å². The SMILES string of the molecule is Cc1cc(OCCCC2CCN(c3nc(C(F)F)no3)CC2)ccc1C(=O)NCC(O)CN. The maximum absolute atomic E-state index is 12.6. The summed E-state index contributed by atoms with van der Waals surface area (Å²) < 4.78 is 36.0. The molecule has 9 nitrogen and oxygen atoms in total. The van der Waals surface area contributed by atoms with E-state index < -0.39 is 18.4 Å². The van der Waals surface area contributed by atoms with Crippen LogP contribution in [0.1, 0.15) is 53.9 Å². The van der Waals surface area contributed by atoms with E-state index in [1.807, 2.05) is 17.9 Å². The van der Waals surface area contributed by atoms with Crippen molar-refractivity contribution in [2.75, 3.05) is 37.7 Å². The van der Waals surface area contributed by atoms with Crippen molar-refractivity contribution in [3.63, 3.8) is 0 Å². The Labute approximate surface area is 191 Å². The number of rotatable bonds is 11. The van der Waals surface area contributed by atoms with E-state index >= 15 is 0 Å². The number of anilines is 1. The summed E-state index contributed by atoms with van der Waals surface area (Å²) in [6, 6.07) is 5.46. The van der Waals surface area contributed by atoms with Gasteiger partial charge in [-0.15, -0.1) is 0 Å². The lowest BCUT2D eigenvalue weighted by Crippen LogP contribution is -2.36. The van der Waals surface area contributed by atoms with Gasteiger partial charge in [-0.05, 0) is 62.3 Å². The molecular formula is C22H31F2N5O4. The first-order valence-corrected chi connectivity index (χ1v) is 11.1. The Kier molecular flexibility index (Phi) is 8.95. The molecule has 1 aliphatic rings. The first kappa shape index (κ1) is 24.8. The van der Waals surface area contributed by atoms with Crippen LogP contribution in [-0.2, 0) is 0 Å². The second-order valence-electron chi connectivity index (χ2n) is 8.23. The number of halogens is 2. The maximum atomic E-state index is 12.6. The second kappa shape index (κ2) is 11.9. The van der Waals surface area contributed by atoms with Crippen LogP contribution in [-0.4, -0.2) is 60.0 Å². The van der Waals surface area contributed by atoms with Crippen molar-refractivity contribution < 1.29 is 27.9 Å². The highest BCUT2D eigenvalue weighted by Gasteiger charge is 2.24. The fourth-order valence-electron chi connectivity index (χ4n) is 3.79. The van der Waals surface area contributed by atoms with Gasteiger partial charge in [0.05, 0.1) is 12.7 Å². The molecule has 0 bridgehead atoms. The van der Waals surface area contributed by atoms with E-state index in [4.69, 9.17) is 15.0 Å². The van der Waals surface area contributed by atoms with E-state index in [0.717, 1.165) is 31.2 Å². The Morgan fingerprint density at radius 3 is 2.79 bits per heavy atom. The number of carbonyl (C=O) groups is 1. The summed E-state index contributed by atoms with van der Waals surface area (Å²) >= 11 is 0. The van der Waals surface area contributed by atoms with Gasteiger partial charge in [0.1, 0.15) is 5.75 Å². The van der Waals surface area contributed by atoms with Crippen molar-refractivity contribution in [3.05, 3.63) is 35.2 Å². The quantitative estimate of drug-likeness (QED) is 0.430. The molecule has 33 heavy (non-hydrogen) atoms. The Morgan fingerprint density at radius 1 is 1.39 bits per heavy atom. The Hall–Kier alpha value is -2.79. The zero-order valence-electron chi connectivity index (χ0n) is 18.7. The normalized spacial score (nSPS) is 15.6. The Bertz CT molecular complexity index is 903. The highest BCUT2D eigenvalue weighted by atomic mass is 19.3. The number of nitrogens with two attached hydrogens (primary N) is 1. The van der Waals surface area contributed by atoms with Crippen LogP contribution in [0.2, 0.25) is 0 Å². The van der Waals surface area contributed by atoms with Gasteiger partial charge in [-0.1, -0.05) is 5.16 Å². The minimum atomic E-state index is -2.73. The van der Waals surface area contributed by atoms with Gasteiger partial charge >= 0.3 is 12.4 Å². The number of hydrogen-bond acceptors (Lipinski definition) is 8. The van der Waals surface area contributed by atoms with Crippen molar-refractivity contribution in [1.82, 2.24) is 15.5 Å². The third kappa shape index (κ3) is 7.10. The van der Waals surface area contributed by atoms with Crippen LogP contribution in [0.15, 0.2) is 22.7 Å². The summed E-state index contributed by atoms with van der Waals surface area (Å²) in [4.78, 5) is 17.8. The van der Waals surface area contributed by atoms with Crippen LogP contribution in [0.25, 0.3) is 0 Å². The number of aryl methyl sites for hydroxylation is 1. The highest BCUT2D eigenvalue weighted by Crippen LogP contribution is 2.27. The lowest BCUT2D eigenvalue weighted by molar-refractivity contribution is 0.0919. The number of benzene rings is 1. The zero-order chi connectivity index (χ0) is 23.8. The van der Waals surface area contributed by atoms with Crippen LogP contribution >= 0.6 is 0 Å². The molecule has 182 valence electrons. The number of amides is 1. The lowest BCUT2D eigenvalue weighted by Gasteiger charge is -2.30. The number of nitrogens with zero attached hydrogens (tertiary/aromatic N) is 3. The summed E-state index contributed by atoms with van der Waals surface area (Å²) in [5, 5.41) is 15.4. The van der Waals surface area contributed by atoms with Crippen molar-refractivity contribution >= 4 is 11.9 Å². The van der Waals surface area contributed by atoms with Crippen molar-refractivity contribution in [1.29, 1.82) is 0 Å². The molecule has 1 saturated heterocycles. The van der Waals surface area contributed by atoms with E-state index in [-0.39, 0.29) is 25.0 Å². The molecule has 0 spiro atoms. The van der Waals surface area contributed by atoms with Crippen LogP contribution in [0, 0.1) is 12.8 Å². The number of nitrogens with one attached hydrogen (secondary N) is 1. The molecular weight excluding hydrogens is 436 g/mol. The molecule has 4 N–H and O–H groups in total. The van der Waals surface area contributed by atoms with Gasteiger partial charge in [0.25, 0.3) is 5.91 Å². The second-order valence-corrected chi connectivity index (χ2v) is 8.23. The summed E-state index contributed by atoms with van der Waals surface area (Å²) in [5.74, 6) is 0.397. The largest absolute Gasteiger partial charge is 0.494 e. The highest BCUT2D eigenvalue weighted by molar-refractivity contribution is 5.95. The third-order valence-corrected chi connectivity index (χ3v) is 5.75. The number of aromatic nitrogens is 2. The van der Waals surface area contributed by atoms with Gasteiger partial charge < -0.3 is 30.3 Å². The summed E-state index contributed by atoms with van der Waals surface area (Å²) in [6.07, 6.45) is 0.248. The number of piperidine rings is 1. The molecule has 1 aromatic heterocycles. The Balaban J connectivity index is 1.36. The van der Waals surface area contributed by atoms with Crippen LogP contribution in [0.5, 0.6) is 5.75 Å². The number of aliphatic hydroxyl groups is 1. The number of aliphatic hydroxyl groups excluding tert-OH is 1. The number of ether oxygens (including phenoxy) is 1. The van der Waals surface area contributed by atoms with Crippen molar-refractivity contribution in [2.45, 2.75) is 45.1 Å². The maximum Gasteiger partial charge on any atom is 0.324 e. The molecule has 2 heterocycles. The van der Waals surface area contributed by atoms with Gasteiger partial charge in [0.2, 0.25) is 5.82 Å². The minimum absolute atomic E-state index is 0.0893. The van der Waals surface area contributed by atoms with E-state index in [1.165, 1.54) is 0 Å². The molecule has 1 fully saturated rings. The monoisotopic (exact) mass is 467 g/mol. The van der Waals surface area contributed by atoms with Crippen molar-refractivity contribution in [3.8, 4) is 5.75 Å². The lowest BCUT2D eigenvalue weighted by atomic mass is 9.92. The van der Waals surface area contributed by atoms with E-state index in [2.05, 4.69) is 15.5 Å². The molecule has 0 radical (unpaired) electrons. The first-order valence-electron chi connectivity index (χ1n) is 11.1. The fourth-order valence-corrected chi connectivity index (χ4v) is 3.79. The molecule has 1 aliphatic heterocycles. The molecule has 1 unspecified atom stereocenters.